The van der Waals surface area contributed by atoms with Crippen LogP contribution in [0, 0.1) is 0 Å². The van der Waals surface area contributed by atoms with E-state index in [4.69, 9.17) is 11.6 Å². The van der Waals surface area contributed by atoms with Gasteiger partial charge in [0, 0.05) is 30.0 Å². The highest BCUT2D eigenvalue weighted by Gasteiger charge is 2.09. The smallest absolute Gasteiger partial charge is 0.224 e. The van der Waals surface area contributed by atoms with E-state index in [2.05, 4.69) is 34.7 Å². The molecular weight excluding hydrogens is 358 g/mol. The molecule has 5 heteroatoms. The van der Waals surface area contributed by atoms with Crippen LogP contribution in [0.25, 0.3) is 0 Å². The van der Waals surface area contributed by atoms with Crippen LogP contribution < -0.4 is 10.6 Å². The number of anilines is 2. The van der Waals surface area contributed by atoms with Gasteiger partial charge in [-0.15, -0.1) is 0 Å². The topological polar surface area (TPSA) is 54.0 Å². The van der Waals surface area contributed by atoms with Crippen LogP contribution in [-0.4, -0.2) is 10.9 Å². The molecule has 0 aliphatic heterocycles. The average Bonchev–Trinajstić information content (AvgIpc) is 2.70. The first kappa shape index (κ1) is 18.9. The molecule has 27 heavy (non-hydrogen) atoms. The number of nitrogens with zero attached hydrogens (tertiary/aromatic N) is 1. The lowest BCUT2D eigenvalue weighted by Crippen LogP contribution is -2.13. The van der Waals surface area contributed by atoms with E-state index in [1.54, 1.807) is 12.3 Å². The molecule has 1 amide bonds. The molecule has 3 rings (SSSR count). The number of benzene rings is 2. The molecule has 0 saturated heterocycles. The molecule has 4 nitrogen and oxygen atoms in total. The number of aromatic nitrogens is 1. The number of rotatable bonds is 7. The van der Waals surface area contributed by atoms with E-state index >= 15 is 0 Å². The number of nitrogens with one attached hydrogen (secondary N) is 2. The molecule has 1 unspecified atom stereocenters. The number of hydrogen-bond donors (Lipinski definition) is 2. The quantitative estimate of drug-likeness (QED) is 0.571. The molecule has 1 heterocycles. The Bertz CT molecular complexity index is 885. The Morgan fingerprint density at radius 2 is 1.85 bits per heavy atom. The van der Waals surface area contributed by atoms with Crippen molar-refractivity contribution in [3.8, 4) is 0 Å². The molecule has 1 aromatic heterocycles. The van der Waals surface area contributed by atoms with E-state index < -0.39 is 0 Å². The predicted octanol–water partition coefficient (Wildman–Crippen LogP) is 5.48. The summed E-state index contributed by atoms with van der Waals surface area (Å²) in [4.78, 5) is 16.4. The van der Waals surface area contributed by atoms with Crippen molar-refractivity contribution in [1.29, 1.82) is 0 Å². The maximum atomic E-state index is 12.1. The Labute approximate surface area is 164 Å². The second-order valence-corrected chi connectivity index (χ2v) is 6.75. The van der Waals surface area contributed by atoms with Gasteiger partial charge >= 0.3 is 0 Å². The molecule has 0 spiro atoms. The molecule has 1 atom stereocenters. The van der Waals surface area contributed by atoms with Gasteiger partial charge in [0.1, 0.15) is 0 Å². The third-order valence-corrected chi connectivity index (χ3v) is 4.57. The second-order valence-electron chi connectivity index (χ2n) is 6.34. The summed E-state index contributed by atoms with van der Waals surface area (Å²) in [5.74, 6) is -0.0601. The fourth-order valence-corrected chi connectivity index (χ4v) is 3.01. The van der Waals surface area contributed by atoms with Crippen LogP contribution in [0.15, 0.2) is 72.9 Å². The Kier molecular flexibility index (Phi) is 6.44. The van der Waals surface area contributed by atoms with E-state index in [1.165, 1.54) is 5.56 Å². The van der Waals surface area contributed by atoms with Crippen molar-refractivity contribution in [2.75, 3.05) is 10.6 Å². The van der Waals surface area contributed by atoms with Crippen LogP contribution in [0.5, 0.6) is 0 Å². The molecule has 3 aromatic rings. The maximum Gasteiger partial charge on any atom is 0.224 e. The summed E-state index contributed by atoms with van der Waals surface area (Å²) in [6.45, 7) is 2.08. The van der Waals surface area contributed by atoms with Gasteiger partial charge in [-0.05, 0) is 49.2 Å². The Morgan fingerprint density at radius 1 is 1.07 bits per heavy atom. The minimum atomic E-state index is -0.0601. The van der Waals surface area contributed by atoms with Gasteiger partial charge in [-0.1, -0.05) is 48.0 Å². The molecule has 0 saturated carbocycles. The first-order chi connectivity index (χ1) is 13.1. The third-order valence-electron chi connectivity index (χ3n) is 4.26. The molecular formula is C22H22ClN3O. The minimum absolute atomic E-state index is 0.0601. The molecule has 0 radical (unpaired) electrons. The lowest BCUT2D eigenvalue weighted by molar-refractivity contribution is -0.116. The van der Waals surface area contributed by atoms with Crippen molar-refractivity contribution in [1.82, 2.24) is 4.98 Å². The number of halogens is 1. The summed E-state index contributed by atoms with van der Waals surface area (Å²) in [5, 5.41) is 6.86. The summed E-state index contributed by atoms with van der Waals surface area (Å²) in [6.07, 6.45) is 2.71. The number of carbonyl (C=O) groups is 1. The van der Waals surface area contributed by atoms with Gasteiger partial charge in [-0.25, -0.2) is 0 Å². The van der Waals surface area contributed by atoms with Gasteiger partial charge in [-0.3, -0.25) is 9.78 Å². The lowest BCUT2D eigenvalue weighted by atomic mass is 10.1. The maximum absolute atomic E-state index is 12.1. The highest BCUT2D eigenvalue weighted by molar-refractivity contribution is 6.33. The minimum Gasteiger partial charge on any atom is -0.377 e. The van der Waals surface area contributed by atoms with Crippen molar-refractivity contribution < 1.29 is 4.79 Å². The average molecular weight is 380 g/mol. The van der Waals surface area contributed by atoms with Gasteiger partial charge < -0.3 is 10.6 Å². The molecule has 138 valence electrons. The standard InChI is InChI=1S/C22H22ClN3O/c1-16(17-7-3-2-4-8-17)25-21-12-10-19(15-20(21)23)26-22(27)13-11-18-9-5-6-14-24-18/h2-10,12,14-16,25H,11,13H2,1H3,(H,26,27). The van der Waals surface area contributed by atoms with Crippen LogP contribution in [0.1, 0.15) is 30.6 Å². The highest BCUT2D eigenvalue weighted by Crippen LogP contribution is 2.29. The van der Waals surface area contributed by atoms with Crippen LogP contribution in [0.3, 0.4) is 0 Å². The van der Waals surface area contributed by atoms with Crippen molar-refractivity contribution in [3.05, 3.63) is 89.2 Å². The van der Waals surface area contributed by atoms with Crippen molar-refractivity contribution in [2.45, 2.75) is 25.8 Å². The van der Waals surface area contributed by atoms with Crippen molar-refractivity contribution in [3.63, 3.8) is 0 Å². The van der Waals surface area contributed by atoms with E-state index in [1.807, 2.05) is 48.5 Å². The van der Waals surface area contributed by atoms with Gasteiger partial charge in [0.05, 0.1) is 10.7 Å². The Morgan fingerprint density at radius 3 is 2.56 bits per heavy atom. The Hall–Kier alpha value is -2.85. The molecule has 0 bridgehead atoms. The number of amides is 1. The summed E-state index contributed by atoms with van der Waals surface area (Å²) < 4.78 is 0. The fourth-order valence-electron chi connectivity index (χ4n) is 2.78. The van der Waals surface area contributed by atoms with Gasteiger partial charge in [0.2, 0.25) is 5.91 Å². The summed E-state index contributed by atoms with van der Waals surface area (Å²) in [6, 6.07) is 21.5. The van der Waals surface area contributed by atoms with Crippen LogP contribution in [-0.2, 0) is 11.2 Å². The zero-order valence-electron chi connectivity index (χ0n) is 15.2. The number of carbonyl (C=O) groups excluding carboxylic acids is 1. The number of aryl methyl sites for hydroxylation is 1. The van der Waals surface area contributed by atoms with Crippen LogP contribution in [0.4, 0.5) is 11.4 Å². The predicted molar refractivity (Wildman–Crippen MR) is 111 cm³/mol. The number of hydrogen-bond acceptors (Lipinski definition) is 3. The van der Waals surface area contributed by atoms with E-state index in [-0.39, 0.29) is 11.9 Å². The van der Waals surface area contributed by atoms with Crippen LogP contribution in [0.2, 0.25) is 5.02 Å². The highest BCUT2D eigenvalue weighted by atomic mass is 35.5. The van der Waals surface area contributed by atoms with E-state index in [9.17, 15) is 4.79 Å². The summed E-state index contributed by atoms with van der Waals surface area (Å²) in [7, 11) is 0. The van der Waals surface area contributed by atoms with E-state index in [0.717, 1.165) is 11.4 Å². The van der Waals surface area contributed by atoms with Gasteiger partial charge in [0.15, 0.2) is 0 Å². The summed E-state index contributed by atoms with van der Waals surface area (Å²) in [5.41, 5.74) is 3.60. The van der Waals surface area contributed by atoms with E-state index in [0.29, 0.717) is 23.6 Å². The lowest BCUT2D eigenvalue weighted by Gasteiger charge is -2.17. The Balaban J connectivity index is 1.57. The number of pyridine rings is 1. The zero-order valence-corrected chi connectivity index (χ0v) is 15.9. The zero-order chi connectivity index (χ0) is 19.1. The molecule has 2 aromatic carbocycles. The molecule has 0 fully saturated rings. The van der Waals surface area contributed by atoms with Crippen molar-refractivity contribution in [2.24, 2.45) is 0 Å². The first-order valence-corrected chi connectivity index (χ1v) is 9.30. The molecule has 0 aliphatic carbocycles. The fraction of sp³-hybridized carbons (Fsp3) is 0.182. The summed E-state index contributed by atoms with van der Waals surface area (Å²) >= 11 is 6.39. The third kappa shape index (κ3) is 5.56. The molecule has 2 N–H and O–H groups in total. The SMILES string of the molecule is CC(Nc1ccc(NC(=O)CCc2ccccn2)cc1Cl)c1ccccc1. The van der Waals surface area contributed by atoms with Gasteiger partial charge in [-0.2, -0.15) is 0 Å². The monoisotopic (exact) mass is 379 g/mol. The van der Waals surface area contributed by atoms with Gasteiger partial charge in [0.25, 0.3) is 0 Å². The second kappa shape index (κ2) is 9.19. The van der Waals surface area contributed by atoms with Crippen molar-refractivity contribution >= 4 is 28.9 Å². The first-order valence-electron chi connectivity index (χ1n) is 8.92. The molecule has 0 aliphatic rings. The van der Waals surface area contributed by atoms with Crippen LogP contribution >= 0.6 is 11.6 Å². The normalized spacial score (nSPS) is 11.6. The largest absolute Gasteiger partial charge is 0.377 e.